The molecule has 2 aromatic heterocycles. The molecule has 0 N–H and O–H groups in total. The molecule has 2 aromatic rings. The van der Waals surface area contributed by atoms with Gasteiger partial charge in [-0.2, -0.15) is 0 Å². The smallest absolute Gasteiger partial charge is 0.262 e. The van der Waals surface area contributed by atoms with Gasteiger partial charge in [-0.15, -0.1) is 11.3 Å². The van der Waals surface area contributed by atoms with Crippen molar-refractivity contribution in [3.63, 3.8) is 0 Å². The maximum Gasteiger partial charge on any atom is 0.262 e. The Kier molecular flexibility index (Phi) is 4.77. The molecule has 1 amide bonds. The Morgan fingerprint density at radius 1 is 1.39 bits per heavy atom. The van der Waals surface area contributed by atoms with E-state index in [-0.39, 0.29) is 11.5 Å². The van der Waals surface area contributed by atoms with Crippen molar-refractivity contribution < 1.29 is 4.79 Å². The van der Waals surface area contributed by atoms with Crippen molar-refractivity contribution in [2.75, 3.05) is 18.8 Å². The molecule has 5 nitrogen and oxygen atoms in total. The summed E-state index contributed by atoms with van der Waals surface area (Å²) in [6.07, 6.45) is 1.18. The zero-order chi connectivity index (χ0) is 16.6. The fraction of sp³-hybridized carbons (Fsp3) is 0.562. The van der Waals surface area contributed by atoms with Gasteiger partial charge in [0.2, 0.25) is 5.91 Å². The van der Waals surface area contributed by atoms with Gasteiger partial charge in [0.25, 0.3) is 5.56 Å². The van der Waals surface area contributed by atoms with E-state index in [1.807, 2.05) is 10.3 Å². The molecule has 7 heteroatoms. The molecule has 3 heterocycles. The van der Waals surface area contributed by atoms with Crippen LogP contribution in [0.15, 0.2) is 21.4 Å². The van der Waals surface area contributed by atoms with Crippen LogP contribution in [0.1, 0.15) is 20.3 Å². The molecule has 2 unspecified atom stereocenters. The molecular formula is C16H21N3O2S2. The van der Waals surface area contributed by atoms with Crippen molar-refractivity contribution >= 4 is 39.2 Å². The van der Waals surface area contributed by atoms with Crippen LogP contribution in [0.3, 0.4) is 0 Å². The molecule has 2 atom stereocenters. The van der Waals surface area contributed by atoms with Crippen LogP contribution < -0.4 is 5.56 Å². The zero-order valence-corrected chi connectivity index (χ0v) is 15.2. The van der Waals surface area contributed by atoms with Crippen LogP contribution in [0.5, 0.6) is 0 Å². The van der Waals surface area contributed by atoms with Crippen molar-refractivity contribution in [3.8, 4) is 0 Å². The van der Waals surface area contributed by atoms with Gasteiger partial charge in [-0.3, -0.25) is 14.2 Å². The van der Waals surface area contributed by atoms with Gasteiger partial charge in [0.05, 0.1) is 11.1 Å². The van der Waals surface area contributed by atoms with E-state index in [2.05, 4.69) is 18.8 Å². The lowest BCUT2D eigenvalue weighted by molar-refractivity contribution is -0.130. The predicted molar refractivity (Wildman–Crippen MR) is 95.1 cm³/mol. The van der Waals surface area contributed by atoms with Crippen LogP contribution in [0.25, 0.3) is 10.2 Å². The second kappa shape index (κ2) is 6.65. The Bertz CT molecular complexity index is 773. The predicted octanol–water partition coefficient (Wildman–Crippen LogP) is 2.59. The van der Waals surface area contributed by atoms with Gasteiger partial charge in [0.15, 0.2) is 5.16 Å². The zero-order valence-electron chi connectivity index (χ0n) is 13.6. The molecule has 3 rings (SSSR count). The van der Waals surface area contributed by atoms with E-state index in [9.17, 15) is 9.59 Å². The highest BCUT2D eigenvalue weighted by Gasteiger charge is 2.25. The number of rotatable bonds is 3. The van der Waals surface area contributed by atoms with Gasteiger partial charge >= 0.3 is 0 Å². The number of carbonyl (C=O) groups excluding carboxylic acids is 1. The number of nitrogens with zero attached hydrogens (tertiary/aromatic N) is 3. The standard InChI is InChI=1S/C16H21N3O2S2/c1-10-6-11(2)8-19(7-10)13(20)9-23-16-17-14-12(4-5-22-14)15(21)18(16)3/h4-5,10-11H,6-9H2,1-3H3. The van der Waals surface area contributed by atoms with Crippen molar-refractivity contribution in [3.05, 3.63) is 21.8 Å². The van der Waals surface area contributed by atoms with E-state index in [1.54, 1.807) is 13.1 Å². The third kappa shape index (κ3) is 3.45. The van der Waals surface area contributed by atoms with Crippen molar-refractivity contribution in [2.24, 2.45) is 18.9 Å². The third-order valence-corrected chi connectivity index (χ3v) is 6.03. The number of hydrogen-bond acceptors (Lipinski definition) is 5. The second-order valence-corrected chi connectivity index (χ2v) is 8.27. The van der Waals surface area contributed by atoms with Crippen LogP contribution in [-0.4, -0.2) is 39.2 Å². The van der Waals surface area contributed by atoms with Crippen LogP contribution >= 0.6 is 23.1 Å². The third-order valence-electron chi connectivity index (χ3n) is 4.21. The summed E-state index contributed by atoms with van der Waals surface area (Å²) >= 11 is 2.81. The molecule has 0 aromatic carbocycles. The molecule has 1 saturated heterocycles. The molecule has 1 fully saturated rings. The highest BCUT2D eigenvalue weighted by molar-refractivity contribution is 7.99. The fourth-order valence-corrected chi connectivity index (χ4v) is 4.87. The molecule has 124 valence electrons. The molecule has 0 saturated carbocycles. The number of aromatic nitrogens is 2. The van der Waals surface area contributed by atoms with Crippen molar-refractivity contribution in [2.45, 2.75) is 25.4 Å². The summed E-state index contributed by atoms with van der Waals surface area (Å²) in [5.74, 6) is 1.57. The first kappa shape index (κ1) is 16.5. The fourth-order valence-electron chi connectivity index (χ4n) is 3.19. The van der Waals surface area contributed by atoms with Crippen LogP contribution in [0, 0.1) is 11.8 Å². The lowest BCUT2D eigenvalue weighted by atomic mass is 9.92. The Labute approximate surface area is 143 Å². The number of hydrogen-bond donors (Lipinski definition) is 0. The van der Waals surface area contributed by atoms with Gasteiger partial charge < -0.3 is 4.90 Å². The summed E-state index contributed by atoms with van der Waals surface area (Å²) in [6.45, 7) is 6.05. The first-order valence-electron chi connectivity index (χ1n) is 7.80. The lowest BCUT2D eigenvalue weighted by Crippen LogP contribution is -2.43. The molecule has 0 bridgehead atoms. The number of carbonyl (C=O) groups is 1. The number of amides is 1. The average Bonchev–Trinajstić information content (AvgIpc) is 2.96. The monoisotopic (exact) mass is 351 g/mol. The molecule has 0 spiro atoms. The summed E-state index contributed by atoms with van der Waals surface area (Å²) in [7, 11) is 1.71. The minimum absolute atomic E-state index is 0.0496. The highest BCUT2D eigenvalue weighted by Crippen LogP contribution is 2.24. The number of piperidine rings is 1. The van der Waals surface area contributed by atoms with E-state index in [0.29, 0.717) is 28.1 Å². The van der Waals surface area contributed by atoms with Gasteiger partial charge in [0, 0.05) is 20.1 Å². The first-order chi connectivity index (χ1) is 11.0. The van der Waals surface area contributed by atoms with Gasteiger partial charge in [-0.1, -0.05) is 25.6 Å². The van der Waals surface area contributed by atoms with E-state index >= 15 is 0 Å². The molecular weight excluding hydrogens is 330 g/mol. The molecule has 1 aliphatic heterocycles. The summed E-state index contributed by atoms with van der Waals surface area (Å²) in [5.41, 5.74) is -0.0496. The highest BCUT2D eigenvalue weighted by atomic mass is 32.2. The number of likely N-dealkylation sites (tertiary alicyclic amines) is 1. The second-order valence-electron chi connectivity index (χ2n) is 6.43. The maximum atomic E-state index is 12.5. The molecule has 23 heavy (non-hydrogen) atoms. The van der Waals surface area contributed by atoms with Gasteiger partial charge in [0.1, 0.15) is 4.83 Å². The molecule has 1 aliphatic rings. The van der Waals surface area contributed by atoms with Gasteiger partial charge in [-0.25, -0.2) is 4.98 Å². The van der Waals surface area contributed by atoms with E-state index in [0.717, 1.165) is 17.9 Å². The Morgan fingerprint density at radius 3 is 2.78 bits per heavy atom. The minimum Gasteiger partial charge on any atom is -0.341 e. The minimum atomic E-state index is -0.0496. The number of thioether (sulfide) groups is 1. The van der Waals surface area contributed by atoms with Crippen molar-refractivity contribution in [1.29, 1.82) is 0 Å². The first-order valence-corrected chi connectivity index (χ1v) is 9.67. The summed E-state index contributed by atoms with van der Waals surface area (Å²) < 4.78 is 1.54. The van der Waals surface area contributed by atoms with Gasteiger partial charge in [-0.05, 0) is 29.7 Å². The summed E-state index contributed by atoms with van der Waals surface area (Å²) in [4.78, 5) is 31.9. The van der Waals surface area contributed by atoms with Crippen LogP contribution in [-0.2, 0) is 11.8 Å². The number of fused-ring (bicyclic) bond motifs is 1. The molecule has 0 radical (unpaired) electrons. The summed E-state index contributed by atoms with van der Waals surface area (Å²) in [6, 6.07) is 1.80. The molecule has 0 aliphatic carbocycles. The van der Waals surface area contributed by atoms with E-state index in [1.165, 1.54) is 34.1 Å². The van der Waals surface area contributed by atoms with Crippen LogP contribution in [0.4, 0.5) is 0 Å². The topological polar surface area (TPSA) is 55.2 Å². The average molecular weight is 351 g/mol. The van der Waals surface area contributed by atoms with Crippen molar-refractivity contribution in [1.82, 2.24) is 14.5 Å². The lowest BCUT2D eigenvalue weighted by Gasteiger charge is -2.35. The number of thiophene rings is 1. The largest absolute Gasteiger partial charge is 0.341 e. The quantitative estimate of drug-likeness (QED) is 0.630. The Hall–Kier alpha value is -1.34. The van der Waals surface area contributed by atoms with E-state index in [4.69, 9.17) is 0 Å². The normalized spacial score (nSPS) is 21.8. The summed E-state index contributed by atoms with van der Waals surface area (Å²) in [5, 5.41) is 3.12. The Balaban J connectivity index is 1.72. The Morgan fingerprint density at radius 2 is 2.09 bits per heavy atom. The van der Waals surface area contributed by atoms with Crippen LogP contribution in [0.2, 0.25) is 0 Å². The van der Waals surface area contributed by atoms with E-state index < -0.39 is 0 Å². The SMILES string of the molecule is CC1CC(C)CN(C(=O)CSc2nc3sccc3c(=O)n2C)C1. The maximum absolute atomic E-state index is 12.5.